The van der Waals surface area contributed by atoms with E-state index in [-0.39, 0.29) is 17.5 Å². The fourth-order valence-corrected chi connectivity index (χ4v) is 2.76. The number of hydrogen-bond acceptors (Lipinski definition) is 3. The van der Waals surface area contributed by atoms with E-state index < -0.39 is 0 Å². The normalized spacial score (nSPS) is 10.8. The van der Waals surface area contributed by atoms with Crippen molar-refractivity contribution in [3.8, 4) is 5.69 Å². The first-order chi connectivity index (χ1) is 12.5. The van der Waals surface area contributed by atoms with E-state index in [1.807, 2.05) is 19.1 Å². The Balaban J connectivity index is 1.84. The van der Waals surface area contributed by atoms with Gasteiger partial charge in [-0.05, 0) is 55.8 Å². The predicted molar refractivity (Wildman–Crippen MR) is 97.9 cm³/mol. The first-order valence-electron chi connectivity index (χ1n) is 8.21. The van der Waals surface area contributed by atoms with E-state index in [0.717, 1.165) is 5.69 Å². The van der Waals surface area contributed by atoms with Crippen LogP contribution >= 0.6 is 11.6 Å². The van der Waals surface area contributed by atoms with Gasteiger partial charge in [-0.2, -0.15) is 0 Å². The number of nitrogens with zero attached hydrogens (tertiary/aromatic N) is 4. The largest absolute Gasteiger partial charge is 0.332 e. The van der Waals surface area contributed by atoms with E-state index in [9.17, 15) is 9.18 Å². The smallest absolute Gasteiger partial charge is 0.293 e. The number of benzene rings is 2. The van der Waals surface area contributed by atoms with E-state index in [1.54, 1.807) is 40.8 Å². The molecular weight excluding hydrogens is 355 g/mol. The molecule has 26 heavy (non-hydrogen) atoms. The highest BCUT2D eigenvalue weighted by molar-refractivity contribution is 6.30. The van der Waals surface area contributed by atoms with Gasteiger partial charge in [0.25, 0.3) is 5.91 Å². The maximum atomic E-state index is 13.4. The minimum absolute atomic E-state index is 0.107. The summed E-state index contributed by atoms with van der Waals surface area (Å²) < 4.78 is 15.0. The van der Waals surface area contributed by atoms with Crippen LogP contribution in [0.4, 0.5) is 4.39 Å². The lowest BCUT2D eigenvalue weighted by molar-refractivity contribution is 0.0740. The molecule has 0 radical (unpaired) electrons. The molecule has 1 amide bonds. The molecule has 0 aliphatic carbocycles. The molecule has 1 heterocycles. The van der Waals surface area contributed by atoms with E-state index in [4.69, 9.17) is 11.6 Å². The molecule has 0 fully saturated rings. The summed E-state index contributed by atoms with van der Waals surface area (Å²) >= 11 is 5.91. The van der Waals surface area contributed by atoms with Crippen molar-refractivity contribution in [1.82, 2.24) is 19.7 Å². The minimum atomic E-state index is -0.327. The van der Waals surface area contributed by atoms with Gasteiger partial charge >= 0.3 is 0 Å². The van der Waals surface area contributed by atoms with Gasteiger partial charge in [0.1, 0.15) is 11.6 Å². The summed E-state index contributed by atoms with van der Waals surface area (Å²) in [5.74, 6) is 0.0766. The average molecular weight is 373 g/mol. The number of carbonyl (C=O) groups excluding carboxylic acids is 1. The second-order valence-corrected chi connectivity index (χ2v) is 6.26. The molecular formula is C19H18ClFN4O. The van der Waals surface area contributed by atoms with Gasteiger partial charge < -0.3 is 4.90 Å². The first-order valence-corrected chi connectivity index (χ1v) is 8.59. The van der Waals surface area contributed by atoms with Crippen LogP contribution in [0.1, 0.15) is 28.9 Å². The third-order valence-electron chi connectivity index (χ3n) is 3.96. The molecule has 0 atom stereocenters. The highest BCUT2D eigenvalue weighted by atomic mass is 35.5. The van der Waals surface area contributed by atoms with Crippen LogP contribution in [-0.2, 0) is 6.54 Å². The molecule has 0 spiro atoms. The lowest BCUT2D eigenvalue weighted by atomic mass is 10.2. The van der Waals surface area contributed by atoms with Gasteiger partial charge in [0.2, 0.25) is 5.82 Å². The SMILES string of the molecule is CCN(Cc1cccc(F)c1)C(=O)c1nc(C)n(-c2ccc(Cl)cc2)n1. The molecule has 3 aromatic rings. The number of carbonyl (C=O) groups is 1. The number of hydrogen-bond donors (Lipinski definition) is 0. The van der Waals surface area contributed by atoms with Crippen molar-refractivity contribution in [3.05, 3.63) is 76.6 Å². The zero-order chi connectivity index (χ0) is 18.7. The molecule has 0 saturated carbocycles. The van der Waals surface area contributed by atoms with Crippen LogP contribution in [0.25, 0.3) is 5.69 Å². The quantitative estimate of drug-likeness (QED) is 0.679. The van der Waals surface area contributed by atoms with Gasteiger partial charge in [-0.25, -0.2) is 14.1 Å². The van der Waals surface area contributed by atoms with Crippen LogP contribution in [0.3, 0.4) is 0 Å². The Labute approximate surface area is 156 Å². The molecule has 5 nitrogen and oxygen atoms in total. The Hall–Kier alpha value is -2.73. The number of amides is 1. The van der Waals surface area contributed by atoms with Crippen LogP contribution < -0.4 is 0 Å². The van der Waals surface area contributed by atoms with Crippen LogP contribution in [0.5, 0.6) is 0 Å². The van der Waals surface area contributed by atoms with Crippen molar-refractivity contribution in [1.29, 1.82) is 0 Å². The average Bonchev–Trinajstić information content (AvgIpc) is 3.01. The summed E-state index contributed by atoms with van der Waals surface area (Å²) in [5.41, 5.74) is 1.49. The lowest BCUT2D eigenvalue weighted by Gasteiger charge is -2.19. The van der Waals surface area contributed by atoms with Crippen molar-refractivity contribution in [3.63, 3.8) is 0 Å². The second kappa shape index (κ2) is 7.66. The van der Waals surface area contributed by atoms with Crippen molar-refractivity contribution >= 4 is 17.5 Å². The Morgan fingerprint density at radius 3 is 2.62 bits per heavy atom. The highest BCUT2D eigenvalue weighted by Gasteiger charge is 2.21. The van der Waals surface area contributed by atoms with Crippen LogP contribution in [0.15, 0.2) is 48.5 Å². The zero-order valence-corrected chi connectivity index (χ0v) is 15.2. The van der Waals surface area contributed by atoms with Crippen molar-refractivity contribution in [2.45, 2.75) is 20.4 Å². The molecule has 0 unspecified atom stereocenters. The Morgan fingerprint density at radius 1 is 1.23 bits per heavy atom. The standard InChI is InChI=1S/C19H18ClFN4O/c1-3-24(12-14-5-4-6-16(21)11-14)19(26)18-22-13(2)25(23-18)17-9-7-15(20)8-10-17/h4-11H,3,12H2,1-2H3. The topological polar surface area (TPSA) is 51.0 Å². The van der Waals surface area contributed by atoms with Gasteiger partial charge in [0.15, 0.2) is 0 Å². The van der Waals surface area contributed by atoms with E-state index in [0.29, 0.717) is 29.5 Å². The second-order valence-electron chi connectivity index (χ2n) is 5.82. The number of halogens is 2. The van der Waals surface area contributed by atoms with Gasteiger partial charge in [-0.1, -0.05) is 23.7 Å². The summed E-state index contributed by atoms with van der Waals surface area (Å²) in [6.07, 6.45) is 0. The predicted octanol–water partition coefficient (Wildman–Crippen LogP) is 4.03. The number of aryl methyl sites for hydroxylation is 1. The zero-order valence-electron chi connectivity index (χ0n) is 14.5. The Kier molecular flexibility index (Phi) is 5.32. The summed E-state index contributed by atoms with van der Waals surface area (Å²) in [6.45, 7) is 4.40. The molecule has 0 N–H and O–H groups in total. The maximum absolute atomic E-state index is 13.4. The summed E-state index contributed by atoms with van der Waals surface area (Å²) in [4.78, 5) is 18.7. The van der Waals surface area contributed by atoms with E-state index in [2.05, 4.69) is 10.1 Å². The van der Waals surface area contributed by atoms with Gasteiger partial charge in [-0.15, -0.1) is 5.10 Å². The van der Waals surface area contributed by atoms with Crippen molar-refractivity contribution in [2.75, 3.05) is 6.54 Å². The molecule has 0 aliphatic rings. The van der Waals surface area contributed by atoms with Crippen LogP contribution in [0.2, 0.25) is 5.02 Å². The molecule has 7 heteroatoms. The third kappa shape index (κ3) is 3.91. The molecule has 0 aliphatic heterocycles. The Bertz CT molecular complexity index is 924. The third-order valence-corrected chi connectivity index (χ3v) is 4.21. The molecule has 1 aromatic heterocycles. The van der Waals surface area contributed by atoms with Crippen molar-refractivity contribution < 1.29 is 9.18 Å². The molecule has 2 aromatic carbocycles. The number of aromatic nitrogens is 3. The molecule has 0 saturated heterocycles. The number of rotatable bonds is 5. The summed E-state index contributed by atoms with van der Waals surface area (Å²) in [6, 6.07) is 13.3. The first kappa shape index (κ1) is 18.1. The van der Waals surface area contributed by atoms with Gasteiger partial charge in [0.05, 0.1) is 5.69 Å². The highest BCUT2D eigenvalue weighted by Crippen LogP contribution is 2.15. The molecule has 0 bridgehead atoms. The molecule has 3 rings (SSSR count). The van der Waals surface area contributed by atoms with Gasteiger partial charge in [0, 0.05) is 18.1 Å². The maximum Gasteiger partial charge on any atom is 0.293 e. The fourth-order valence-electron chi connectivity index (χ4n) is 2.63. The van der Waals surface area contributed by atoms with Crippen LogP contribution in [0, 0.1) is 12.7 Å². The monoisotopic (exact) mass is 372 g/mol. The van der Waals surface area contributed by atoms with E-state index in [1.165, 1.54) is 12.1 Å². The van der Waals surface area contributed by atoms with Crippen molar-refractivity contribution in [2.24, 2.45) is 0 Å². The fraction of sp³-hybridized carbons (Fsp3) is 0.211. The summed E-state index contributed by atoms with van der Waals surface area (Å²) in [5, 5.41) is 4.96. The Morgan fingerprint density at radius 2 is 1.96 bits per heavy atom. The van der Waals surface area contributed by atoms with Crippen LogP contribution in [-0.4, -0.2) is 32.1 Å². The van der Waals surface area contributed by atoms with Gasteiger partial charge in [-0.3, -0.25) is 4.79 Å². The van der Waals surface area contributed by atoms with E-state index >= 15 is 0 Å². The molecule has 134 valence electrons. The lowest BCUT2D eigenvalue weighted by Crippen LogP contribution is -2.31. The minimum Gasteiger partial charge on any atom is -0.332 e. The summed E-state index contributed by atoms with van der Waals surface area (Å²) in [7, 11) is 0.